The highest BCUT2D eigenvalue weighted by molar-refractivity contribution is 7.92. The Bertz CT molecular complexity index is 743. The molecule has 2 rings (SSSR count). The Labute approximate surface area is 114 Å². The normalized spacial score (nSPS) is 11.0. The van der Waals surface area contributed by atoms with Crippen LogP contribution in [0.5, 0.6) is 0 Å². The van der Waals surface area contributed by atoms with Crippen LogP contribution in [0.2, 0.25) is 0 Å². The van der Waals surface area contributed by atoms with Crippen LogP contribution in [-0.2, 0) is 10.0 Å². The predicted octanol–water partition coefficient (Wildman–Crippen LogP) is 1.37. The smallest absolute Gasteiger partial charge is 0.269 e. The molecule has 0 bridgehead atoms. The number of nitrogen functional groups attached to an aromatic ring is 1. The summed E-state index contributed by atoms with van der Waals surface area (Å²) in [6.07, 6.45) is 1.28. The molecule has 0 spiro atoms. The molecule has 8 nitrogen and oxygen atoms in total. The highest BCUT2D eigenvalue weighted by Gasteiger charge is 2.15. The van der Waals surface area contributed by atoms with Gasteiger partial charge in [-0.05, 0) is 18.2 Å². The third kappa shape index (κ3) is 3.01. The van der Waals surface area contributed by atoms with Gasteiger partial charge in [0.25, 0.3) is 15.7 Å². The molecular weight excluding hydrogens is 284 g/mol. The number of pyridine rings is 1. The van der Waals surface area contributed by atoms with Crippen LogP contribution in [0.3, 0.4) is 0 Å². The first-order chi connectivity index (χ1) is 9.38. The Morgan fingerprint density at radius 1 is 1.20 bits per heavy atom. The van der Waals surface area contributed by atoms with Gasteiger partial charge in [0.1, 0.15) is 5.82 Å². The summed E-state index contributed by atoms with van der Waals surface area (Å²) >= 11 is 0. The Morgan fingerprint density at radius 2 is 1.85 bits per heavy atom. The van der Waals surface area contributed by atoms with Crippen LogP contribution in [0.25, 0.3) is 0 Å². The molecule has 0 atom stereocenters. The van der Waals surface area contributed by atoms with E-state index in [0.29, 0.717) is 0 Å². The molecule has 1 aromatic carbocycles. The number of nitro benzene ring substituents is 1. The number of hydrogen-bond donors (Lipinski definition) is 2. The second-order valence-electron chi connectivity index (χ2n) is 3.83. The number of sulfonamides is 1. The minimum absolute atomic E-state index is 0.0386. The van der Waals surface area contributed by atoms with Gasteiger partial charge in [-0.3, -0.25) is 14.8 Å². The maximum atomic E-state index is 12.0. The van der Waals surface area contributed by atoms with Crippen LogP contribution in [0.4, 0.5) is 17.2 Å². The summed E-state index contributed by atoms with van der Waals surface area (Å²) in [6.45, 7) is 0. The minimum Gasteiger partial charge on any atom is -0.384 e. The first-order valence-corrected chi connectivity index (χ1v) is 6.85. The van der Waals surface area contributed by atoms with Gasteiger partial charge in [-0.25, -0.2) is 13.4 Å². The third-order valence-corrected chi connectivity index (χ3v) is 3.77. The lowest BCUT2D eigenvalue weighted by atomic mass is 10.3. The van der Waals surface area contributed by atoms with E-state index in [1.54, 1.807) is 0 Å². The number of nitrogens with one attached hydrogen (secondary N) is 1. The Kier molecular flexibility index (Phi) is 3.53. The second-order valence-corrected chi connectivity index (χ2v) is 5.51. The summed E-state index contributed by atoms with van der Waals surface area (Å²) in [5.41, 5.74) is 5.51. The maximum absolute atomic E-state index is 12.0. The molecule has 1 heterocycles. The summed E-state index contributed by atoms with van der Waals surface area (Å²) in [6, 6.07) is 7.54. The van der Waals surface area contributed by atoms with Gasteiger partial charge in [0, 0.05) is 30.1 Å². The molecule has 20 heavy (non-hydrogen) atoms. The molecule has 0 amide bonds. The Hall–Kier alpha value is -2.68. The molecule has 0 aliphatic rings. The second kappa shape index (κ2) is 5.13. The molecule has 0 saturated carbocycles. The van der Waals surface area contributed by atoms with E-state index in [1.165, 1.54) is 42.6 Å². The number of benzene rings is 1. The highest BCUT2D eigenvalue weighted by atomic mass is 32.2. The lowest BCUT2D eigenvalue weighted by molar-refractivity contribution is -0.384. The van der Waals surface area contributed by atoms with Crippen molar-refractivity contribution in [3.63, 3.8) is 0 Å². The largest absolute Gasteiger partial charge is 0.384 e. The number of nitrogens with two attached hydrogens (primary N) is 1. The number of nitro groups is 1. The molecule has 3 N–H and O–H groups in total. The summed E-state index contributed by atoms with van der Waals surface area (Å²) in [5.74, 6) is 0.0802. The molecule has 0 aliphatic heterocycles. The average Bonchev–Trinajstić information content (AvgIpc) is 2.39. The average molecular weight is 294 g/mol. The summed E-state index contributed by atoms with van der Waals surface area (Å²) < 4.78 is 26.4. The highest BCUT2D eigenvalue weighted by Crippen LogP contribution is 2.19. The molecule has 1 aromatic heterocycles. The van der Waals surface area contributed by atoms with E-state index in [4.69, 9.17) is 5.73 Å². The van der Waals surface area contributed by atoms with Crippen LogP contribution in [0.1, 0.15) is 0 Å². The van der Waals surface area contributed by atoms with Crippen molar-refractivity contribution in [2.75, 3.05) is 10.5 Å². The zero-order valence-corrected chi connectivity index (χ0v) is 10.9. The van der Waals surface area contributed by atoms with E-state index in [0.717, 1.165) is 0 Å². The zero-order chi connectivity index (χ0) is 14.8. The molecule has 104 valence electrons. The summed E-state index contributed by atoms with van der Waals surface area (Å²) in [4.78, 5) is 13.6. The first kappa shape index (κ1) is 13.7. The SMILES string of the molecule is Nc1cc(S(=O)(=O)Nc2ccc([N+](=O)[O-])cc2)ccn1. The van der Waals surface area contributed by atoms with Crippen molar-refractivity contribution < 1.29 is 13.3 Å². The number of rotatable bonds is 4. The topological polar surface area (TPSA) is 128 Å². The standard InChI is InChI=1S/C11H10N4O4S/c12-11-7-10(5-6-13-11)20(18,19)14-8-1-3-9(4-2-8)15(16)17/h1-7,14H,(H2,12,13). The molecule has 0 saturated heterocycles. The lowest BCUT2D eigenvalue weighted by Gasteiger charge is -2.08. The maximum Gasteiger partial charge on any atom is 0.269 e. The van der Waals surface area contributed by atoms with Gasteiger partial charge in [-0.1, -0.05) is 0 Å². The number of nitrogens with zero attached hydrogens (tertiary/aromatic N) is 2. The van der Waals surface area contributed by atoms with Gasteiger partial charge in [0.05, 0.1) is 9.82 Å². The molecule has 0 unspecified atom stereocenters. The van der Waals surface area contributed by atoms with E-state index in [9.17, 15) is 18.5 Å². The fourth-order valence-corrected chi connectivity index (χ4v) is 2.54. The monoisotopic (exact) mass is 294 g/mol. The van der Waals surface area contributed by atoms with E-state index >= 15 is 0 Å². The van der Waals surface area contributed by atoms with E-state index in [1.807, 2.05) is 0 Å². The molecule has 2 aromatic rings. The predicted molar refractivity (Wildman–Crippen MR) is 72.6 cm³/mol. The van der Waals surface area contributed by atoms with E-state index in [-0.39, 0.29) is 22.1 Å². The van der Waals surface area contributed by atoms with Crippen LogP contribution in [-0.4, -0.2) is 18.3 Å². The van der Waals surface area contributed by atoms with E-state index < -0.39 is 14.9 Å². The van der Waals surface area contributed by atoms with Crippen LogP contribution in [0.15, 0.2) is 47.5 Å². The minimum atomic E-state index is -3.81. The number of aromatic nitrogens is 1. The van der Waals surface area contributed by atoms with Crippen molar-refractivity contribution in [1.29, 1.82) is 0 Å². The molecule has 9 heteroatoms. The Balaban J connectivity index is 2.26. The van der Waals surface area contributed by atoms with Gasteiger partial charge in [0.2, 0.25) is 0 Å². The van der Waals surface area contributed by atoms with Gasteiger partial charge in [0.15, 0.2) is 0 Å². The molecular formula is C11H10N4O4S. The molecule has 0 radical (unpaired) electrons. The van der Waals surface area contributed by atoms with Crippen molar-refractivity contribution in [3.8, 4) is 0 Å². The first-order valence-electron chi connectivity index (χ1n) is 5.37. The third-order valence-electron chi connectivity index (χ3n) is 2.39. The van der Waals surface area contributed by atoms with Gasteiger partial charge in [-0.2, -0.15) is 0 Å². The Morgan fingerprint density at radius 3 is 2.40 bits per heavy atom. The lowest BCUT2D eigenvalue weighted by Crippen LogP contribution is -2.13. The number of hydrogen-bond acceptors (Lipinski definition) is 6. The molecule has 0 fully saturated rings. The fraction of sp³-hybridized carbons (Fsp3) is 0. The summed E-state index contributed by atoms with van der Waals surface area (Å²) in [5, 5.41) is 10.5. The van der Waals surface area contributed by atoms with Crippen LogP contribution >= 0.6 is 0 Å². The van der Waals surface area contributed by atoms with Crippen LogP contribution in [0, 0.1) is 10.1 Å². The van der Waals surface area contributed by atoms with Crippen molar-refractivity contribution >= 4 is 27.2 Å². The van der Waals surface area contributed by atoms with Crippen molar-refractivity contribution in [3.05, 3.63) is 52.7 Å². The quantitative estimate of drug-likeness (QED) is 0.647. The van der Waals surface area contributed by atoms with Gasteiger partial charge < -0.3 is 5.73 Å². The van der Waals surface area contributed by atoms with Crippen molar-refractivity contribution in [2.24, 2.45) is 0 Å². The van der Waals surface area contributed by atoms with Crippen molar-refractivity contribution in [1.82, 2.24) is 4.98 Å². The van der Waals surface area contributed by atoms with E-state index in [2.05, 4.69) is 9.71 Å². The zero-order valence-electron chi connectivity index (χ0n) is 10.1. The van der Waals surface area contributed by atoms with Crippen molar-refractivity contribution in [2.45, 2.75) is 4.90 Å². The van der Waals surface area contributed by atoms with Gasteiger partial charge in [-0.15, -0.1) is 0 Å². The van der Waals surface area contributed by atoms with Gasteiger partial charge >= 0.3 is 0 Å². The number of anilines is 2. The fourth-order valence-electron chi connectivity index (χ4n) is 1.46. The molecule has 0 aliphatic carbocycles. The summed E-state index contributed by atoms with van der Waals surface area (Å²) in [7, 11) is -3.81. The number of non-ortho nitro benzene ring substituents is 1. The van der Waals surface area contributed by atoms with Crippen LogP contribution < -0.4 is 10.5 Å².